The van der Waals surface area contributed by atoms with Gasteiger partial charge in [-0.2, -0.15) is 10.2 Å². The normalized spacial score (nSPS) is 9.95. The zero-order valence-corrected chi connectivity index (χ0v) is 10.3. The first kappa shape index (κ1) is 12.8. The van der Waals surface area contributed by atoms with Crippen LogP contribution in [0.1, 0.15) is 12.5 Å². The van der Waals surface area contributed by atoms with E-state index >= 15 is 0 Å². The zero-order chi connectivity index (χ0) is 13.8. The van der Waals surface area contributed by atoms with E-state index in [1.807, 2.05) is 6.92 Å². The number of benzene rings is 1. The van der Waals surface area contributed by atoms with Crippen LogP contribution in [0.15, 0.2) is 24.3 Å². The molecule has 0 aliphatic rings. The summed E-state index contributed by atoms with van der Waals surface area (Å²) in [5.41, 5.74) is 6.66. The maximum absolute atomic E-state index is 13.6. The third-order valence-electron chi connectivity index (χ3n) is 2.49. The monoisotopic (exact) mass is 257 g/mol. The van der Waals surface area contributed by atoms with Crippen LogP contribution in [0.3, 0.4) is 0 Å². The number of aromatic nitrogens is 2. The van der Waals surface area contributed by atoms with Crippen LogP contribution in [0.4, 0.5) is 16.2 Å². The number of nitrogens with zero attached hydrogens (tertiary/aromatic N) is 3. The molecule has 0 amide bonds. The van der Waals surface area contributed by atoms with Crippen molar-refractivity contribution in [3.63, 3.8) is 0 Å². The number of nitrogens with one attached hydrogen (secondary N) is 1. The van der Waals surface area contributed by atoms with Crippen LogP contribution in [0, 0.1) is 17.1 Å². The minimum Gasteiger partial charge on any atom is -0.370 e. The van der Waals surface area contributed by atoms with Gasteiger partial charge in [0.25, 0.3) is 0 Å². The second-order valence-corrected chi connectivity index (χ2v) is 3.83. The molecular formula is C13H12FN5. The maximum atomic E-state index is 13.6. The Hall–Kier alpha value is -2.68. The smallest absolute Gasteiger partial charge is 0.222 e. The first-order chi connectivity index (χ1) is 9.13. The SMILES string of the molecule is CCNc1cc(-c2ccc(C#N)c(F)c2)nc(N)n1. The molecule has 0 aliphatic carbocycles. The van der Waals surface area contributed by atoms with Crippen LogP contribution in [0.5, 0.6) is 0 Å². The molecule has 0 radical (unpaired) electrons. The number of nitrogen functional groups attached to an aromatic ring is 1. The Morgan fingerprint density at radius 3 is 2.79 bits per heavy atom. The highest BCUT2D eigenvalue weighted by molar-refractivity contribution is 5.65. The lowest BCUT2D eigenvalue weighted by Crippen LogP contribution is -2.04. The van der Waals surface area contributed by atoms with Gasteiger partial charge in [0.1, 0.15) is 17.7 Å². The Balaban J connectivity index is 2.47. The largest absolute Gasteiger partial charge is 0.370 e. The fourth-order valence-electron chi connectivity index (χ4n) is 1.65. The van der Waals surface area contributed by atoms with Gasteiger partial charge >= 0.3 is 0 Å². The summed E-state index contributed by atoms with van der Waals surface area (Å²) in [6.45, 7) is 2.62. The maximum Gasteiger partial charge on any atom is 0.222 e. The second-order valence-electron chi connectivity index (χ2n) is 3.83. The molecule has 1 heterocycles. The van der Waals surface area contributed by atoms with Gasteiger partial charge < -0.3 is 11.1 Å². The highest BCUT2D eigenvalue weighted by atomic mass is 19.1. The van der Waals surface area contributed by atoms with Crippen molar-refractivity contribution in [2.24, 2.45) is 0 Å². The molecule has 1 aromatic heterocycles. The summed E-state index contributed by atoms with van der Waals surface area (Å²) in [7, 11) is 0. The first-order valence-electron chi connectivity index (χ1n) is 5.72. The van der Waals surface area contributed by atoms with Gasteiger partial charge in [-0.1, -0.05) is 6.07 Å². The van der Waals surface area contributed by atoms with E-state index in [1.54, 1.807) is 18.2 Å². The fraction of sp³-hybridized carbons (Fsp3) is 0.154. The standard InChI is InChI=1S/C13H12FN5/c1-2-17-12-6-11(18-13(16)19-12)8-3-4-9(7-15)10(14)5-8/h3-6H,2H2,1H3,(H3,16,17,18,19). The third-order valence-corrected chi connectivity index (χ3v) is 2.49. The molecule has 1 aromatic carbocycles. The Labute approximate surface area is 109 Å². The van der Waals surface area contributed by atoms with E-state index in [0.29, 0.717) is 23.6 Å². The zero-order valence-electron chi connectivity index (χ0n) is 10.3. The van der Waals surface area contributed by atoms with Crippen molar-refractivity contribution in [1.29, 1.82) is 5.26 Å². The average molecular weight is 257 g/mol. The van der Waals surface area contributed by atoms with Gasteiger partial charge in [0.05, 0.1) is 11.3 Å². The highest BCUT2D eigenvalue weighted by Crippen LogP contribution is 2.22. The summed E-state index contributed by atoms with van der Waals surface area (Å²) in [6.07, 6.45) is 0. The first-order valence-corrected chi connectivity index (χ1v) is 5.72. The lowest BCUT2D eigenvalue weighted by Gasteiger charge is -2.07. The summed E-state index contributed by atoms with van der Waals surface area (Å²) in [4.78, 5) is 8.07. The van der Waals surface area contributed by atoms with Crippen LogP contribution in [0.2, 0.25) is 0 Å². The lowest BCUT2D eigenvalue weighted by molar-refractivity contribution is 0.624. The predicted molar refractivity (Wildman–Crippen MR) is 70.7 cm³/mol. The summed E-state index contributed by atoms with van der Waals surface area (Å²) in [5.74, 6) is 0.107. The molecule has 0 bridgehead atoms. The van der Waals surface area contributed by atoms with Crippen LogP contribution in [0.25, 0.3) is 11.3 Å². The number of halogens is 1. The Kier molecular flexibility index (Phi) is 3.57. The van der Waals surface area contributed by atoms with Gasteiger partial charge in [-0.3, -0.25) is 0 Å². The van der Waals surface area contributed by atoms with Crippen molar-refractivity contribution in [3.8, 4) is 17.3 Å². The third kappa shape index (κ3) is 2.77. The molecule has 2 aromatic rings. The molecule has 96 valence electrons. The summed E-state index contributed by atoms with van der Waals surface area (Å²) in [5, 5.41) is 11.7. The summed E-state index contributed by atoms with van der Waals surface area (Å²) >= 11 is 0. The number of nitriles is 1. The molecule has 0 unspecified atom stereocenters. The van der Waals surface area contributed by atoms with Gasteiger partial charge in [-0.05, 0) is 19.1 Å². The molecule has 19 heavy (non-hydrogen) atoms. The summed E-state index contributed by atoms with van der Waals surface area (Å²) < 4.78 is 13.6. The predicted octanol–water partition coefficient (Wildman–Crippen LogP) is 2.17. The fourth-order valence-corrected chi connectivity index (χ4v) is 1.65. The van der Waals surface area contributed by atoms with E-state index in [4.69, 9.17) is 11.0 Å². The number of hydrogen-bond acceptors (Lipinski definition) is 5. The van der Waals surface area contributed by atoms with Crippen LogP contribution >= 0.6 is 0 Å². The molecule has 5 nitrogen and oxygen atoms in total. The number of rotatable bonds is 3. The van der Waals surface area contributed by atoms with Crippen molar-refractivity contribution in [2.75, 3.05) is 17.6 Å². The lowest BCUT2D eigenvalue weighted by atomic mass is 10.1. The minimum atomic E-state index is -0.581. The molecule has 0 saturated carbocycles. The number of nitrogens with two attached hydrogens (primary N) is 1. The Morgan fingerprint density at radius 1 is 1.37 bits per heavy atom. The Morgan fingerprint density at radius 2 is 2.16 bits per heavy atom. The molecule has 0 aliphatic heterocycles. The molecule has 3 N–H and O–H groups in total. The van der Waals surface area contributed by atoms with Crippen molar-refractivity contribution < 1.29 is 4.39 Å². The molecule has 0 atom stereocenters. The van der Waals surface area contributed by atoms with Gasteiger partial charge in [-0.25, -0.2) is 9.37 Å². The van der Waals surface area contributed by atoms with E-state index in [9.17, 15) is 4.39 Å². The molecule has 0 fully saturated rings. The minimum absolute atomic E-state index is 0.00214. The van der Waals surface area contributed by atoms with Crippen molar-refractivity contribution >= 4 is 11.8 Å². The van der Waals surface area contributed by atoms with E-state index < -0.39 is 5.82 Å². The topological polar surface area (TPSA) is 87.6 Å². The van der Waals surface area contributed by atoms with Gasteiger partial charge in [0.2, 0.25) is 5.95 Å². The second kappa shape index (κ2) is 5.31. The molecule has 0 spiro atoms. The van der Waals surface area contributed by atoms with Crippen molar-refractivity contribution in [1.82, 2.24) is 9.97 Å². The quantitative estimate of drug-likeness (QED) is 0.879. The molecule has 0 saturated heterocycles. The van der Waals surface area contributed by atoms with E-state index in [-0.39, 0.29) is 11.5 Å². The molecular weight excluding hydrogens is 245 g/mol. The molecule has 6 heteroatoms. The van der Waals surface area contributed by atoms with Crippen molar-refractivity contribution in [3.05, 3.63) is 35.6 Å². The highest BCUT2D eigenvalue weighted by Gasteiger charge is 2.08. The number of hydrogen-bond donors (Lipinski definition) is 2. The van der Waals surface area contributed by atoms with Gasteiger partial charge in [0.15, 0.2) is 0 Å². The van der Waals surface area contributed by atoms with Gasteiger partial charge in [-0.15, -0.1) is 0 Å². The number of anilines is 2. The van der Waals surface area contributed by atoms with Gasteiger partial charge in [0, 0.05) is 18.2 Å². The molecule has 2 rings (SSSR count). The Bertz CT molecular complexity index is 648. The van der Waals surface area contributed by atoms with Crippen LogP contribution in [-0.4, -0.2) is 16.5 Å². The van der Waals surface area contributed by atoms with Crippen LogP contribution < -0.4 is 11.1 Å². The van der Waals surface area contributed by atoms with E-state index in [1.165, 1.54) is 12.1 Å². The summed E-state index contributed by atoms with van der Waals surface area (Å²) in [6, 6.07) is 7.75. The van der Waals surface area contributed by atoms with Crippen molar-refractivity contribution in [2.45, 2.75) is 6.92 Å². The van der Waals surface area contributed by atoms with Crippen LogP contribution in [-0.2, 0) is 0 Å². The average Bonchev–Trinajstić information content (AvgIpc) is 2.38. The van der Waals surface area contributed by atoms with E-state index in [0.717, 1.165) is 0 Å². The van der Waals surface area contributed by atoms with E-state index in [2.05, 4.69) is 15.3 Å².